The number of nitrogens with zero attached hydrogens (tertiary/aromatic N) is 1. The fourth-order valence-corrected chi connectivity index (χ4v) is 1.61. The van der Waals surface area contributed by atoms with Crippen molar-refractivity contribution in [3.63, 3.8) is 0 Å². The smallest absolute Gasteiger partial charge is 0.0547 e. The van der Waals surface area contributed by atoms with Gasteiger partial charge in [0.2, 0.25) is 0 Å². The first kappa shape index (κ1) is 9.33. The Balaban J connectivity index is 2.94. The zero-order valence-corrected chi connectivity index (χ0v) is 8.88. The second-order valence-electron chi connectivity index (χ2n) is 2.54. The number of anilines is 1. The maximum absolute atomic E-state index is 3.49. The van der Waals surface area contributed by atoms with Crippen molar-refractivity contribution in [3.05, 3.63) is 41.0 Å². The number of hydrogen-bond acceptors (Lipinski definition) is 1. The number of rotatable bonds is 2. The molecule has 1 aromatic carbocycles. The third-order valence-corrected chi connectivity index (χ3v) is 2.28. The largest absolute Gasteiger partial charge is 0.350 e. The van der Waals surface area contributed by atoms with E-state index in [1.807, 2.05) is 44.4 Å². The number of para-hydroxylation sites is 1. The topological polar surface area (TPSA) is 3.24 Å². The van der Waals surface area contributed by atoms with Crippen LogP contribution < -0.4 is 4.90 Å². The monoisotopic (exact) mass is 225 g/mol. The van der Waals surface area contributed by atoms with Crippen LogP contribution in [-0.2, 0) is 0 Å². The molecule has 0 heterocycles. The first-order chi connectivity index (χ1) is 5.75. The summed E-state index contributed by atoms with van der Waals surface area (Å²) in [6, 6.07) is 8.15. The van der Waals surface area contributed by atoms with Crippen LogP contribution in [0.4, 0.5) is 5.69 Å². The van der Waals surface area contributed by atoms with Gasteiger partial charge in [-0.25, -0.2) is 0 Å². The van der Waals surface area contributed by atoms with Gasteiger partial charge in [-0.3, -0.25) is 0 Å². The van der Waals surface area contributed by atoms with E-state index in [0.29, 0.717) is 0 Å². The van der Waals surface area contributed by atoms with E-state index in [9.17, 15) is 0 Å². The third-order valence-electron chi connectivity index (χ3n) is 1.61. The van der Waals surface area contributed by atoms with Gasteiger partial charge in [0.1, 0.15) is 0 Å². The lowest BCUT2D eigenvalue weighted by molar-refractivity contribution is 1.19. The van der Waals surface area contributed by atoms with Crippen molar-refractivity contribution in [1.29, 1.82) is 0 Å². The van der Waals surface area contributed by atoms with Crippen molar-refractivity contribution in [1.82, 2.24) is 0 Å². The van der Waals surface area contributed by atoms with E-state index in [-0.39, 0.29) is 0 Å². The van der Waals surface area contributed by atoms with Gasteiger partial charge in [0.05, 0.1) is 5.69 Å². The molecule has 2 heteroatoms. The van der Waals surface area contributed by atoms with Crippen LogP contribution in [-0.4, -0.2) is 7.05 Å². The average Bonchev–Trinajstić information content (AvgIpc) is 2.05. The van der Waals surface area contributed by atoms with Crippen molar-refractivity contribution in [2.24, 2.45) is 0 Å². The Labute approximate surface area is 81.8 Å². The molecule has 1 nitrogen and oxygen atoms in total. The molecule has 12 heavy (non-hydrogen) atoms. The lowest BCUT2D eigenvalue weighted by Crippen LogP contribution is -2.07. The van der Waals surface area contributed by atoms with Gasteiger partial charge in [-0.2, -0.15) is 0 Å². The summed E-state index contributed by atoms with van der Waals surface area (Å²) in [5, 5.41) is 0. The summed E-state index contributed by atoms with van der Waals surface area (Å²) in [6.07, 6.45) is 4.04. The standard InChI is InChI=1S/C10H12BrN/c1-3-8-12(2)10-7-5-4-6-9(10)11/h3-8H,1-2H3/b8-3+. The summed E-state index contributed by atoms with van der Waals surface area (Å²) >= 11 is 3.49. The maximum atomic E-state index is 3.49. The van der Waals surface area contributed by atoms with Crippen molar-refractivity contribution >= 4 is 21.6 Å². The Morgan fingerprint density at radius 1 is 1.33 bits per heavy atom. The highest BCUT2D eigenvalue weighted by molar-refractivity contribution is 9.10. The highest BCUT2D eigenvalue weighted by Crippen LogP contribution is 2.24. The fourth-order valence-electron chi connectivity index (χ4n) is 1.04. The summed E-state index contributed by atoms with van der Waals surface area (Å²) in [7, 11) is 2.03. The summed E-state index contributed by atoms with van der Waals surface area (Å²) in [5.41, 5.74) is 1.18. The Bertz CT molecular complexity index is 281. The molecule has 1 aromatic rings. The molecule has 0 amide bonds. The average molecular weight is 226 g/mol. The molecule has 1 rings (SSSR count). The molecule has 0 radical (unpaired) electrons. The van der Waals surface area contributed by atoms with Crippen LogP contribution in [0.15, 0.2) is 41.0 Å². The summed E-state index contributed by atoms with van der Waals surface area (Å²) in [6.45, 7) is 2.01. The molecule has 0 atom stereocenters. The van der Waals surface area contributed by atoms with E-state index in [1.54, 1.807) is 0 Å². The van der Waals surface area contributed by atoms with Crippen LogP contribution in [0.3, 0.4) is 0 Å². The van der Waals surface area contributed by atoms with Gasteiger partial charge in [-0.15, -0.1) is 0 Å². The van der Waals surface area contributed by atoms with Crippen LogP contribution in [0.5, 0.6) is 0 Å². The first-order valence-corrected chi connectivity index (χ1v) is 4.65. The van der Waals surface area contributed by atoms with Gasteiger partial charge in [0.25, 0.3) is 0 Å². The zero-order valence-electron chi connectivity index (χ0n) is 7.29. The predicted octanol–water partition coefficient (Wildman–Crippen LogP) is 3.42. The van der Waals surface area contributed by atoms with E-state index < -0.39 is 0 Å². The van der Waals surface area contributed by atoms with E-state index in [4.69, 9.17) is 0 Å². The fraction of sp³-hybridized carbons (Fsp3) is 0.200. The second kappa shape index (κ2) is 4.31. The summed E-state index contributed by atoms with van der Waals surface area (Å²) in [4.78, 5) is 2.07. The van der Waals surface area contributed by atoms with Crippen molar-refractivity contribution in [3.8, 4) is 0 Å². The van der Waals surface area contributed by atoms with Crippen LogP contribution >= 0.6 is 15.9 Å². The molecule has 0 unspecified atom stereocenters. The lowest BCUT2D eigenvalue weighted by atomic mass is 10.3. The molecule has 0 saturated heterocycles. The second-order valence-corrected chi connectivity index (χ2v) is 3.40. The van der Waals surface area contributed by atoms with Crippen LogP contribution in [0.1, 0.15) is 6.92 Å². The summed E-state index contributed by atoms with van der Waals surface area (Å²) < 4.78 is 1.12. The Kier molecular flexibility index (Phi) is 3.35. The molecular weight excluding hydrogens is 214 g/mol. The first-order valence-electron chi connectivity index (χ1n) is 3.86. The van der Waals surface area contributed by atoms with Gasteiger partial charge >= 0.3 is 0 Å². The molecule has 0 aliphatic carbocycles. The molecule has 0 saturated carbocycles. The van der Waals surface area contributed by atoms with Crippen LogP contribution in [0.2, 0.25) is 0 Å². The van der Waals surface area contributed by atoms with Crippen LogP contribution in [0.25, 0.3) is 0 Å². The Hall–Kier alpha value is -0.760. The highest BCUT2D eigenvalue weighted by Gasteiger charge is 1.99. The molecule has 0 fully saturated rings. The molecule has 64 valence electrons. The number of benzene rings is 1. The minimum Gasteiger partial charge on any atom is -0.350 e. The molecular formula is C10H12BrN. The zero-order chi connectivity index (χ0) is 8.97. The van der Waals surface area contributed by atoms with Gasteiger partial charge in [0, 0.05) is 11.5 Å². The van der Waals surface area contributed by atoms with Gasteiger partial charge in [-0.1, -0.05) is 18.2 Å². The molecule has 0 aliphatic rings. The van der Waals surface area contributed by atoms with E-state index in [1.165, 1.54) is 5.69 Å². The number of allylic oxidation sites excluding steroid dienone is 1. The molecule has 0 N–H and O–H groups in total. The van der Waals surface area contributed by atoms with Crippen molar-refractivity contribution in [2.45, 2.75) is 6.92 Å². The maximum Gasteiger partial charge on any atom is 0.0547 e. The molecule has 0 aliphatic heterocycles. The van der Waals surface area contributed by atoms with Gasteiger partial charge in [-0.05, 0) is 41.2 Å². The minimum atomic E-state index is 1.12. The highest BCUT2D eigenvalue weighted by atomic mass is 79.9. The normalized spacial score (nSPS) is 10.6. The molecule has 0 spiro atoms. The van der Waals surface area contributed by atoms with Crippen LogP contribution in [0, 0.1) is 0 Å². The molecule has 0 aromatic heterocycles. The quantitative estimate of drug-likeness (QED) is 0.746. The van der Waals surface area contributed by atoms with Gasteiger partial charge < -0.3 is 4.90 Å². The van der Waals surface area contributed by atoms with E-state index in [2.05, 4.69) is 26.9 Å². The third kappa shape index (κ3) is 2.11. The van der Waals surface area contributed by atoms with E-state index >= 15 is 0 Å². The minimum absolute atomic E-state index is 1.12. The van der Waals surface area contributed by atoms with Gasteiger partial charge in [0.15, 0.2) is 0 Å². The SMILES string of the molecule is C/C=C/N(C)c1ccccc1Br. The molecule has 0 bridgehead atoms. The van der Waals surface area contributed by atoms with E-state index in [0.717, 1.165) is 4.47 Å². The van der Waals surface area contributed by atoms with Crippen molar-refractivity contribution < 1.29 is 0 Å². The Morgan fingerprint density at radius 3 is 2.58 bits per heavy atom. The number of halogens is 1. The number of hydrogen-bond donors (Lipinski definition) is 0. The lowest BCUT2D eigenvalue weighted by Gasteiger charge is -2.15. The predicted molar refractivity (Wildman–Crippen MR) is 57.4 cm³/mol. The van der Waals surface area contributed by atoms with Crippen molar-refractivity contribution in [2.75, 3.05) is 11.9 Å². The Morgan fingerprint density at radius 2 is 2.00 bits per heavy atom. The summed E-state index contributed by atoms with van der Waals surface area (Å²) in [5.74, 6) is 0.